The van der Waals surface area contributed by atoms with E-state index in [1.165, 1.54) is 5.56 Å². The third-order valence-corrected chi connectivity index (χ3v) is 6.73. The third kappa shape index (κ3) is 4.93. The van der Waals surface area contributed by atoms with E-state index in [4.69, 9.17) is 9.47 Å². The van der Waals surface area contributed by atoms with Crippen LogP contribution in [0.2, 0.25) is 0 Å². The van der Waals surface area contributed by atoms with Crippen molar-refractivity contribution in [2.45, 2.75) is 25.4 Å². The summed E-state index contributed by atoms with van der Waals surface area (Å²) in [6.45, 7) is 3.39. The quantitative estimate of drug-likeness (QED) is 0.501. The molecular weight excluding hydrogens is 430 g/mol. The highest BCUT2D eigenvalue weighted by molar-refractivity contribution is 5.97. The van der Waals surface area contributed by atoms with Gasteiger partial charge < -0.3 is 25.0 Å². The Balaban J connectivity index is 1.32. The van der Waals surface area contributed by atoms with Crippen LogP contribution in [0.5, 0.6) is 11.5 Å². The van der Waals surface area contributed by atoms with E-state index in [0.29, 0.717) is 36.9 Å². The van der Waals surface area contributed by atoms with Crippen LogP contribution in [-0.2, 0) is 17.8 Å². The summed E-state index contributed by atoms with van der Waals surface area (Å²) >= 11 is 0. The second kappa shape index (κ2) is 9.87. The summed E-state index contributed by atoms with van der Waals surface area (Å²) in [5.74, 6) is 1.90. The fraction of sp³-hybridized carbons (Fsp3) is 0.385. The van der Waals surface area contributed by atoms with E-state index in [-0.39, 0.29) is 11.9 Å². The van der Waals surface area contributed by atoms with Crippen LogP contribution in [0, 0.1) is 5.92 Å². The number of carbonyl (C=O) groups is 1. The van der Waals surface area contributed by atoms with E-state index in [0.717, 1.165) is 42.0 Å². The number of hydrogen-bond donors (Lipinski definition) is 3. The zero-order valence-corrected chi connectivity index (χ0v) is 19.6. The number of amides is 1. The lowest BCUT2D eigenvalue weighted by Crippen LogP contribution is -2.44. The molecule has 8 heteroatoms. The minimum absolute atomic E-state index is 0.0741. The number of H-pyrrole nitrogens is 1. The summed E-state index contributed by atoms with van der Waals surface area (Å²) in [6.07, 6.45) is 5.35. The largest absolute Gasteiger partial charge is 0.497 e. The number of aromatic amines is 1. The second-order valence-electron chi connectivity index (χ2n) is 9.19. The molecule has 0 saturated carbocycles. The molecule has 8 nitrogen and oxygen atoms in total. The van der Waals surface area contributed by atoms with Gasteiger partial charge in [-0.15, -0.1) is 0 Å². The molecule has 1 aromatic heterocycles. The highest BCUT2D eigenvalue weighted by atomic mass is 16.5. The van der Waals surface area contributed by atoms with Crippen LogP contribution in [0.4, 0.5) is 5.69 Å². The topological polar surface area (TPSA) is 91.5 Å². The molecule has 2 aromatic carbocycles. The lowest BCUT2D eigenvalue weighted by atomic mass is 9.95. The van der Waals surface area contributed by atoms with Crippen molar-refractivity contribution in [1.82, 2.24) is 20.4 Å². The van der Waals surface area contributed by atoms with Gasteiger partial charge in [-0.1, -0.05) is 12.1 Å². The molecule has 34 heavy (non-hydrogen) atoms. The number of rotatable bonds is 7. The van der Waals surface area contributed by atoms with Crippen molar-refractivity contribution in [3.63, 3.8) is 0 Å². The Morgan fingerprint density at radius 1 is 1.21 bits per heavy atom. The molecule has 0 bridgehead atoms. The summed E-state index contributed by atoms with van der Waals surface area (Å²) in [5, 5.41) is 13.4. The standard InChI is InChI=1S/C26H31N5O3/c1-31-8-7-17(15-31)16-34-25-11-18(21-13-28-29-14-21)4-6-23(25)30-26(32)24-10-20-9-22(33-2)5-3-19(20)12-27-24/h3-6,9,11,13-14,17,24,27H,7-8,10,12,15-16H2,1-2H3,(H,28,29)(H,30,32)/t17?,24-/m1/s1. The number of anilines is 1. The molecule has 1 amide bonds. The predicted molar refractivity (Wildman–Crippen MR) is 131 cm³/mol. The first kappa shape index (κ1) is 22.4. The number of benzene rings is 2. The number of fused-ring (bicyclic) bond motifs is 1. The summed E-state index contributed by atoms with van der Waals surface area (Å²) in [5.41, 5.74) is 4.97. The van der Waals surface area contributed by atoms with Crippen LogP contribution < -0.4 is 20.1 Å². The molecule has 3 heterocycles. The first-order chi connectivity index (χ1) is 16.6. The average molecular weight is 462 g/mol. The number of aromatic nitrogens is 2. The Morgan fingerprint density at radius 2 is 2.12 bits per heavy atom. The average Bonchev–Trinajstić information content (AvgIpc) is 3.54. The number of methoxy groups -OCH3 is 1. The van der Waals surface area contributed by atoms with Crippen LogP contribution in [0.25, 0.3) is 11.1 Å². The molecule has 178 valence electrons. The molecule has 2 aliphatic rings. The van der Waals surface area contributed by atoms with Gasteiger partial charge in [-0.2, -0.15) is 5.10 Å². The molecule has 1 saturated heterocycles. The SMILES string of the molecule is COc1ccc2c(c1)C[C@H](C(=O)Nc1ccc(-c3cn[nH]c3)cc1OCC1CCN(C)C1)NC2. The van der Waals surface area contributed by atoms with E-state index >= 15 is 0 Å². The zero-order chi connectivity index (χ0) is 23.5. The summed E-state index contributed by atoms with van der Waals surface area (Å²) in [7, 11) is 3.79. The van der Waals surface area contributed by atoms with Gasteiger partial charge in [0.1, 0.15) is 11.5 Å². The molecule has 0 spiro atoms. The number of hydrogen-bond acceptors (Lipinski definition) is 6. The number of likely N-dealkylation sites (tertiary alicyclic amines) is 1. The van der Waals surface area contributed by atoms with Crippen molar-refractivity contribution >= 4 is 11.6 Å². The van der Waals surface area contributed by atoms with E-state index in [2.05, 4.69) is 38.8 Å². The molecule has 1 unspecified atom stereocenters. The van der Waals surface area contributed by atoms with Gasteiger partial charge in [-0.05, 0) is 67.4 Å². The van der Waals surface area contributed by atoms with Crippen LogP contribution in [0.15, 0.2) is 48.8 Å². The number of carbonyl (C=O) groups excluding carboxylic acids is 1. The van der Waals surface area contributed by atoms with Crippen molar-refractivity contribution in [2.24, 2.45) is 5.92 Å². The van der Waals surface area contributed by atoms with Crippen molar-refractivity contribution in [3.05, 3.63) is 59.9 Å². The Bertz CT molecular complexity index is 1150. The van der Waals surface area contributed by atoms with Gasteiger partial charge in [0.25, 0.3) is 0 Å². The highest BCUT2D eigenvalue weighted by Crippen LogP contribution is 2.32. The monoisotopic (exact) mass is 461 g/mol. The zero-order valence-electron chi connectivity index (χ0n) is 19.6. The van der Waals surface area contributed by atoms with E-state index in [9.17, 15) is 4.79 Å². The lowest BCUT2D eigenvalue weighted by molar-refractivity contribution is -0.118. The van der Waals surface area contributed by atoms with E-state index in [1.54, 1.807) is 13.3 Å². The Kier molecular flexibility index (Phi) is 6.51. The minimum atomic E-state index is -0.329. The summed E-state index contributed by atoms with van der Waals surface area (Å²) < 4.78 is 11.6. The summed E-state index contributed by atoms with van der Waals surface area (Å²) in [4.78, 5) is 15.5. The molecule has 0 aliphatic carbocycles. The third-order valence-electron chi connectivity index (χ3n) is 6.73. The first-order valence-corrected chi connectivity index (χ1v) is 11.7. The van der Waals surface area contributed by atoms with Crippen molar-refractivity contribution in [1.29, 1.82) is 0 Å². The van der Waals surface area contributed by atoms with Gasteiger partial charge in [-0.25, -0.2) is 0 Å². The fourth-order valence-corrected chi connectivity index (χ4v) is 4.73. The van der Waals surface area contributed by atoms with Gasteiger partial charge in [0.15, 0.2) is 0 Å². The van der Waals surface area contributed by atoms with Gasteiger partial charge >= 0.3 is 0 Å². The molecule has 3 N–H and O–H groups in total. The molecule has 3 aromatic rings. The lowest BCUT2D eigenvalue weighted by Gasteiger charge is -2.26. The van der Waals surface area contributed by atoms with Crippen LogP contribution in [0.3, 0.4) is 0 Å². The molecule has 0 radical (unpaired) electrons. The van der Waals surface area contributed by atoms with Crippen LogP contribution >= 0.6 is 0 Å². The number of nitrogens with one attached hydrogen (secondary N) is 3. The summed E-state index contributed by atoms with van der Waals surface area (Å²) in [6, 6.07) is 11.6. The van der Waals surface area contributed by atoms with Crippen LogP contribution in [-0.4, -0.2) is 60.9 Å². The van der Waals surface area contributed by atoms with Gasteiger partial charge in [0.2, 0.25) is 5.91 Å². The number of ether oxygens (including phenoxy) is 2. The number of nitrogens with zero attached hydrogens (tertiary/aromatic N) is 2. The van der Waals surface area contributed by atoms with Crippen molar-refractivity contribution < 1.29 is 14.3 Å². The van der Waals surface area contributed by atoms with Crippen molar-refractivity contribution in [2.75, 3.05) is 39.2 Å². The molecule has 1 fully saturated rings. The maximum atomic E-state index is 13.2. The maximum absolute atomic E-state index is 13.2. The van der Waals surface area contributed by atoms with Gasteiger partial charge in [-0.3, -0.25) is 9.89 Å². The molecule has 2 atom stereocenters. The Hall–Kier alpha value is -3.36. The van der Waals surface area contributed by atoms with E-state index < -0.39 is 0 Å². The molecular formula is C26H31N5O3. The van der Waals surface area contributed by atoms with E-state index in [1.807, 2.05) is 36.5 Å². The maximum Gasteiger partial charge on any atom is 0.241 e. The normalized spacial score (nSPS) is 20.1. The van der Waals surface area contributed by atoms with Gasteiger partial charge in [0, 0.05) is 30.8 Å². The Labute approximate surface area is 199 Å². The van der Waals surface area contributed by atoms with Crippen molar-refractivity contribution in [3.8, 4) is 22.6 Å². The molecule has 5 rings (SSSR count). The highest BCUT2D eigenvalue weighted by Gasteiger charge is 2.26. The fourth-order valence-electron chi connectivity index (χ4n) is 4.73. The predicted octanol–water partition coefficient (Wildman–Crippen LogP) is 3.07. The first-order valence-electron chi connectivity index (χ1n) is 11.7. The Morgan fingerprint density at radius 3 is 2.88 bits per heavy atom. The smallest absolute Gasteiger partial charge is 0.241 e. The second-order valence-corrected chi connectivity index (χ2v) is 9.19. The van der Waals surface area contributed by atoms with Crippen LogP contribution in [0.1, 0.15) is 17.5 Å². The molecule has 2 aliphatic heterocycles. The van der Waals surface area contributed by atoms with Gasteiger partial charge in [0.05, 0.1) is 31.6 Å². The minimum Gasteiger partial charge on any atom is -0.497 e.